The molecule has 0 saturated heterocycles. The van der Waals surface area contributed by atoms with Gasteiger partial charge in [0.05, 0.1) is 0 Å². The molecule has 3 N–H and O–H groups in total. The van der Waals surface area contributed by atoms with Crippen molar-refractivity contribution in [2.45, 2.75) is 26.4 Å². The van der Waals surface area contributed by atoms with Gasteiger partial charge in [0.15, 0.2) is 0 Å². The van der Waals surface area contributed by atoms with Crippen LogP contribution in [0.3, 0.4) is 0 Å². The third-order valence-corrected chi connectivity index (χ3v) is 3.42. The first-order valence-electron chi connectivity index (χ1n) is 6.25. The first-order valence-corrected chi connectivity index (χ1v) is 6.25. The van der Waals surface area contributed by atoms with Crippen molar-refractivity contribution in [2.75, 3.05) is 5.73 Å². The molecule has 0 aromatic heterocycles. The van der Waals surface area contributed by atoms with Crippen molar-refractivity contribution in [1.82, 2.24) is 0 Å². The van der Waals surface area contributed by atoms with Gasteiger partial charge in [0, 0.05) is 5.69 Å². The summed E-state index contributed by atoms with van der Waals surface area (Å²) in [4.78, 5) is 0. The number of nitrogens with two attached hydrogens (primary N) is 1. The van der Waals surface area contributed by atoms with Crippen LogP contribution >= 0.6 is 0 Å². The second kappa shape index (κ2) is 5.23. The van der Waals surface area contributed by atoms with Gasteiger partial charge in [-0.3, -0.25) is 0 Å². The Balaban J connectivity index is 2.35. The third kappa shape index (κ3) is 2.39. The van der Waals surface area contributed by atoms with Crippen LogP contribution in [0.25, 0.3) is 0 Å². The second-order valence-corrected chi connectivity index (χ2v) is 4.56. The summed E-state index contributed by atoms with van der Waals surface area (Å²) in [7, 11) is 0. The van der Waals surface area contributed by atoms with Crippen LogP contribution in [0.5, 0.6) is 0 Å². The van der Waals surface area contributed by atoms with Crippen LogP contribution in [0.2, 0.25) is 0 Å². The van der Waals surface area contributed by atoms with Crippen LogP contribution in [-0.4, -0.2) is 5.11 Å². The molecule has 0 spiro atoms. The lowest BCUT2D eigenvalue weighted by atomic mass is 9.96. The summed E-state index contributed by atoms with van der Waals surface area (Å²) in [6.45, 7) is 4.06. The Morgan fingerprint density at radius 1 is 1.11 bits per heavy atom. The summed E-state index contributed by atoms with van der Waals surface area (Å²) in [5, 5.41) is 10.4. The predicted molar refractivity (Wildman–Crippen MR) is 75.5 cm³/mol. The molecule has 0 aliphatic heterocycles. The van der Waals surface area contributed by atoms with Crippen LogP contribution in [0.4, 0.5) is 5.69 Å². The Kier molecular flexibility index (Phi) is 3.68. The molecule has 94 valence electrons. The number of anilines is 1. The lowest BCUT2D eigenvalue weighted by Gasteiger charge is -2.15. The molecule has 2 rings (SSSR count). The van der Waals surface area contributed by atoms with Gasteiger partial charge in [0.2, 0.25) is 0 Å². The second-order valence-electron chi connectivity index (χ2n) is 4.56. The molecular weight excluding hydrogens is 222 g/mol. The van der Waals surface area contributed by atoms with Crippen LogP contribution in [0.1, 0.15) is 35.3 Å². The number of nitrogen functional groups attached to an aromatic ring is 1. The van der Waals surface area contributed by atoms with Gasteiger partial charge in [0.1, 0.15) is 6.10 Å². The number of benzene rings is 2. The Morgan fingerprint density at radius 2 is 1.78 bits per heavy atom. The van der Waals surface area contributed by atoms with Crippen molar-refractivity contribution in [3.8, 4) is 0 Å². The average Bonchev–Trinajstić information content (AvgIpc) is 2.41. The molecule has 0 saturated carbocycles. The van der Waals surface area contributed by atoms with E-state index in [0.29, 0.717) is 0 Å². The highest BCUT2D eigenvalue weighted by molar-refractivity contribution is 5.52. The number of aryl methyl sites for hydroxylation is 1. The summed E-state index contributed by atoms with van der Waals surface area (Å²) in [5.74, 6) is 0. The Labute approximate surface area is 108 Å². The zero-order valence-corrected chi connectivity index (χ0v) is 10.9. The lowest BCUT2D eigenvalue weighted by Crippen LogP contribution is -2.04. The fourth-order valence-corrected chi connectivity index (χ4v) is 2.08. The van der Waals surface area contributed by atoms with E-state index >= 15 is 0 Å². The molecule has 1 atom stereocenters. The molecule has 0 heterocycles. The van der Waals surface area contributed by atoms with E-state index in [0.717, 1.165) is 28.8 Å². The Hall–Kier alpha value is -1.80. The van der Waals surface area contributed by atoms with Gasteiger partial charge in [-0.2, -0.15) is 0 Å². The maximum Gasteiger partial charge on any atom is 0.104 e. The molecule has 2 nitrogen and oxygen atoms in total. The summed E-state index contributed by atoms with van der Waals surface area (Å²) >= 11 is 0. The van der Waals surface area contributed by atoms with Crippen LogP contribution in [0, 0.1) is 6.92 Å². The minimum atomic E-state index is -0.612. The molecule has 2 aromatic rings. The molecule has 0 amide bonds. The first kappa shape index (κ1) is 12.7. The maximum absolute atomic E-state index is 10.4. The van der Waals surface area contributed by atoms with E-state index in [-0.39, 0.29) is 0 Å². The summed E-state index contributed by atoms with van der Waals surface area (Å²) < 4.78 is 0. The minimum absolute atomic E-state index is 0.612. The van der Waals surface area contributed by atoms with E-state index in [1.165, 1.54) is 5.56 Å². The molecule has 0 radical (unpaired) electrons. The standard InChI is InChI=1S/C16H19NO/c1-3-12-7-9-13(10-8-12)16(18)14-5-4-6-15(17)11(14)2/h4-10,16,18H,3,17H2,1-2H3/t16-/m0/s1. The highest BCUT2D eigenvalue weighted by Gasteiger charge is 2.13. The summed E-state index contributed by atoms with van der Waals surface area (Å²) in [6, 6.07) is 13.7. The SMILES string of the molecule is CCc1ccc([C@H](O)c2cccc(N)c2C)cc1. The quantitative estimate of drug-likeness (QED) is 0.810. The Morgan fingerprint density at radius 3 is 2.39 bits per heavy atom. The lowest BCUT2D eigenvalue weighted by molar-refractivity contribution is 0.219. The molecule has 18 heavy (non-hydrogen) atoms. The van der Waals surface area contributed by atoms with E-state index in [1.54, 1.807) is 0 Å². The monoisotopic (exact) mass is 241 g/mol. The normalized spacial score (nSPS) is 12.4. The van der Waals surface area contributed by atoms with Crippen molar-refractivity contribution < 1.29 is 5.11 Å². The van der Waals surface area contributed by atoms with E-state index in [2.05, 4.69) is 19.1 Å². The number of aliphatic hydroxyl groups is 1. The smallest absolute Gasteiger partial charge is 0.104 e. The van der Waals surface area contributed by atoms with Crippen molar-refractivity contribution >= 4 is 5.69 Å². The zero-order valence-electron chi connectivity index (χ0n) is 10.9. The van der Waals surface area contributed by atoms with Crippen LogP contribution in [-0.2, 0) is 6.42 Å². The minimum Gasteiger partial charge on any atom is -0.399 e. The van der Waals surface area contributed by atoms with Crippen molar-refractivity contribution in [3.05, 3.63) is 64.7 Å². The number of hydrogen-bond acceptors (Lipinski definition) is 2. The maximum atomic E-state index is 10.4. The molecule has 2 heteroatoms. The first-order chi connectivity index (χ1) is 8.63. The molecule has 0 aliphatic rings. The fraction of sp³-hybridized carbons (Fsp3) is 0.250. The topological polar surface area (TPSA) is 46.2 Å². The summed E-state index contributed by atoms with van der Waals surface area (Å²) in [5.41, 5.74) is 10.6. The molecule has 2 aromatic carbocycles. The van der Waals surface area contributed by atoms with Crippen molar-refractivity contribution in [3.63, 3.8) is 0 Å². The van der Waals surface area contributed by atoms with Gasteiger partial charge in [-0.05, 0) is 41.7 Å². The molecule has 0 bridgehead atoms. The average molecular weight is 241 g/mol. The zero-order chi connectivity index (χ0) is 13.1. The van der Waals surface area contributed by atoms with Crippen LogP contribution in [0.15, 0.2) is 42.5 Å². The number of aliphatic hydroxyl groups excluding tert-OH is 1. The molecule has 0 unspecified atom stereocenters. The van der Waals surface area contributed by atoms with E-state index in [1.807, 2.05) is 37.3 Å². The summed E-state index contributed by atoms with van der Waals surface area (Å²) in [6.07, 6.45) is 0.396. The van der Waals surface area contributed by atoms with Gasteiger partial charge >= 0.3 is 0 Å². The van der Waals surface area contributed by atoms with Gasteiger partial charge in [0.25, 0.3) is 0 Å². The molecule has 0 aliphatic carbocycles. The highest BCUT2D eigenvalue weighted by Crippen LogP contribution is 2.27. The Bertz CT molecular complexity index is 531. The van der Waals surface area contributed by atoms with Crippen LogP contribution < -0.4 is 5.73 Å². The number of hydrogen-bond donors (Lipinski definition) is 2. The number of rotatable bonds is 3. The largest absolute Gasteiger partial charge is 0.399 e. The third-order valence-electron chi connectivity index (χ3n) is 3.42. The van der Waals surface area contributed by atoms with E-state index in [9.17, 15) is 5.11 Å². The van der Waals surface area contributed by atoms with E-state index < -0.39 is 6.10 Å². The van der Waals surface area contributed by atoms with Crippen molar-refractivity contribution in [2.24, 2.45) is 0 Å². The van der Waals surface area contributed by atoms with E-state index in [4.69, 9.17) is 5.73 Å². The van der Waals surface area contributed by atoms with Crippen molar-refractivity contribution in [1.29, 1.82) is 0 Å². The predicted octanol–water partition coefficient (Wildman–Crippen LogP) is 3.22. The molecular formula is C16H19NO. The van der Waals surface area contributed by atoms with Gasteiger partial charge in [-0.15, -0.1) is 0 Å². The van der Waals surface area contributed by atoms with Gasteiger partial charge in [-0.25, -0.2) is 0 Å². The fourth-order valence-electron chi connectivity index (χ4n) is 2.08. The van der Waals surface area contributed by atoms with Gasteiger partial charge in [-0.1, -0.05) is 43.3 Å². The van der Waals surface area contributed by atoms with Gasteiger partial charge < -0.3 is 10.8 Å². The molecule has 0 fully saturated rings. The highest BCUT2D eigenvalue weighted by atomic mass is 16.3.